The van der Waals surface area contributed by atoms with Crippen LogP contribution in [0.1, 0.15) is 33.1 Å². The standard InChI is InChI=1S/C12H19F3N2O3/c1-11(2)8(12(13,14)15)5-7-17(11)10(20)16-6-3-4-9(18)19/h8H,3-7H2,1-2H3,(H,16,20)(H,18,19). The summed E-state index contributed by atoms with van der Waals surface area (Å²) in [6.45, 7) is 2.97. The van der Waals surface area contributed by atoms with Gasteiger partial charge in [-0.05, 0) is 26.7 Å². The molecule has 116 valence electrons. The highest BCUT2D eigenvalue weighted by Crippen LogP contribution is 2.44. The first-order valence-electron chi connectivity index (χ1n) is 6.40. The number of halogens is 3. The maximum atomic E-state index is 12.9. The van der Waals surface area contributed by atoms with Crippen LogP contribution >= 0.6 is 0 Å². The quantitative estimate of drug-likeness (QED) is 0.782. The molecule has 1 aliphatic rings. The lowest BCUT2D eigenvalue weighted by molar-refractivity contribution is -0.189. The normalized spacial score (nSPS) is 21.9. The van der Waals surface area contributed by atoms with Gasteiger partial charge in [-0.15, -0.1) is 0 Å². The van der Waals surface area contributed by atoms with Crippen molar-refractivity contribution in [2.24, 2.45) is 5.92 Å². The molecule has 1 saturated heterocycles. The molecule has 1 unspecified atom stereocenters. The Morgan fingerprint density at radius 2 is 2.00 bits per heavy atom. The number of carboxylic acids is 1. The summed E-state index contributed by atoms with van der Waals surface area (Å²) in [7, 11) is 0. The van der Waals surface area contributed by atoms with Gasteiger partial charge in [0.1, 0.15) is 0 Å². The van der Waals surface area contributed by atoms with Gasteiger partial charge in [-0.2, -0.15) is 13.2 Å². The van der Waals surface area contributed by atoms with Gasteiger partial charge in [0.25, 0.3) is 0 Å². The number of aliphatic carboxylic acids is 1. The van der Waals surface area contributed by atoms with Crippen molar-refractivity contribution < 1.29 is 27.9 Å². The van der Waals surface area contributed by atoms with Crippen molar-refractivity contribution in [1.82, 2.24) is 10.2 Å². The van der Waals surface area contributed by atoms with Crippen molar-refractivity contribution in [2.75, 3.05) is 13.1 Å². The van der Waals surface area contributed by atoms with E-state index in [9.17, 15) is 22.8 Å². The fraction of sp³-hybridized carbons (Fsp3) is 0.833. The monoisotopic (exact) mass is 296 g/mol. The molecular weight excluding hydrogens is 277 g/mol. The number of carboxylic acid groups (broad SMARTS) is 1. The molecule has 0 aromatic heterocycles. The molecule has 0 aromatic rings. The maximum Gasteiger partial charge on any atom is 0.394 e. The molecule has 1 atom stereocenters. The summed E-state index contributed by atoms with van der Waals surface area (Å²) < 4.78 is 38.6. The van der Waals surface area contributed by atoms with Gasteiger partial charge in [-0.25, -0.2) is 4.79 Å². The summed E-state index contributed by atoms with van der Waals surface area (Å²) in [6, 6.07) is -0.577. The van der Waals surface area contributed by atoms with E-state index in [0.717, 1.165) is 0 Å². The van der Waals surface area contributed by atoms with Crippen molar-refractivity contribution in [3.05, 3.63) is 0 Å². The highest BCUT2D eigenvalue weighted by Gasteiger charge is 2.56. The molecule has 2 amide bonds. The molecule has 5 nitrogen and oxygen atoms in total. The lowest BCUT2D eigenvalue weighted by atomic mass is 9.88. The molecule has 0 spiro atoms. The van der Waals surface area contributed by atoms with Gasteiger partial charge in [-0.3, -0.25) is 4.79 Å². The molecule has 0 radical (unpaired) electrons. The van der Waals surface area contributed by atoms with Gasteiger partial charge >= 0.3 is 18.2 Å². The van der Waals surface area contributed by atoms with Crippen LogP contribution in [0.25, 0.3) is 0 Å². The smallest absolute Gasteiger partial charge is 0.394 e. The number of carbonyl (C=O) groups is 2. The average molecular weight is 296 g/mol. The van der Waals surface area contributed by atoms with Gasteiger partial charge in [0.05, 0.1) is 11.5 Å². The summed E-state index contributed by atoms with van der Waals surface area (Å²) in [5, 5.41) is 10.9. The van der Waals surface area contributed by atoms with Gasteiger partial charge < -0.3 is 15.3 Å². The van der Waals surface area contributed by atoms with Crippen LogP contribution in [0.15, 0.2) is 0 Å². The third-order valence-electron chi connectivity index (χ3n) is 3.67. The number of likely N-dealkylation sites (tertiary alicyclic amines) is 1. The molecule has 0 aromatic carbocycles. The Balaban J connectivity index is 2.55. The third kappa shape index (κ3) is 3.77. The van der Waals surface area contributed by atoms with Crippen LogP contribution in [0.5, 0.6) is 0 Å². The molecule has 20 heavy (non-hydrogen) atoms. The van der Waals surface area contributed by atoms with Crippen LogP contribution in [0, 0.1) is 5.92 Å². The van der Waals surface area contributed by atoms with E-state index in [0.29, 0.717) is 0 Å². The largest absolute Gasteiger partial charge is 0.481 e. The number of amides is 2. The van der Waals surface area contributed by atoms with Crippen LogP contribution in [-0.2, 0) is 4.79 Å². The van der Waals surface area contributed by atoms with Crippen LogP contribution in [-0.4, -0.2) is 46.8 Å². The van der Waals surface area contributed by atoms with Crippen molar-refractivity contribution in [2.45, 2.75) is 44.8 Å². The number of nitrogens with zero attached hydrogens (tertiary/aromatic N) is 1. The Kier molecular flexibility index (Phi) is 4.88. The topological polar surface area (TPSA) is 69.6 Å². The minimum atomic E-state index is -4.33. The fourth-order valence-electron chi connectivity index (χ4n) is 2.55. The predicted molar refractivity (Wildman–Crippen MR) is 65.2 cm³/mol. The number of hydrogen-bond donors (Lipinski definition) is 2. The van der Waals surface area contributed by atoms with E-state index in [-0.39, 0.29) is 32.4 Å². The summed E-state index contributed by atoms with van der Waals surface area (Å²) in [6.07, 6.45) is -4.28. The van der Waals surface area contributed by atoms with Crippen LogP contribution < -0.4 is 5.32 Å². The lowest BCUT2D eigenvalue weighted by Crippen LogP contribution is -2.53. The second-order valence-corrected chi connectivity index (χ2v) is 5.42. The van der Waals surface area contributed by atoms with Crippen molar-refractivity contribution >= 4 is 12.0 Å². The van der Waals surface area contributed by atoms with Crippen LogP contribution in [0.4, 0.5) is 18.0 Å². The number of nitrogens with one attached hydrogen (secondary N) is 1. The molecule has 0 bridgehead atoms. The number of rotatable bonds is 4. The second-order valence-electron chi connectivity index (χ2n) is 5.42. The van der Waals surface area contributed by atoms with Gasteiger partial charge in [0.15, 0.2) is 0 Å². The first-order chi connectivity index (χ1) is 9.06. The molecule has 0 saturated carbocycles. The molecule has 8 heteroatoms. The zero-order valence-corrected chi connectivity index (χ0v) is 11.5. The molecule has 1 aliphatic heterocycles. The summed E-state index contributed by atoms with van der Waals surface area (Å²) in [4.78, 5) is 23.4. The first kappa shape index (κ1) is 16.6. The van der Waals surface area contributed by atoms with Gasteiger partial charge in [0, 0.05) is 19.5 Å². The van der Waals surface area contributed by atoms with Gasteiger partial charge in [0.2, 0.25) is 0 Å². The Morgan fingerprint density at radius 1 is 1.40 bits per heavy atom. The average Bonchev–Trinajstić information content (AvgIpc) is 2.59. The second kappa shape index (κ2) is 5.88. The molecule has 1 fully saturated rings. The van der Waals surface area contributed by atoms with E-state index in [2.05, 4.69) is 5.32 Å². The molecule has 1 rings (SSSR count). The van der Waals surface area contributed by atoms with E-state index in [4.69, 9.17) is 5.11 Å². The van der Waals surface area contributed by atoms with Crippen LogP contribution in [0.2, 0.25) is 0 Å². The van der Waals surface area contributed by atoms with E-state index in [1.54, 1.807) is 0 Å². The zero-order chi connectivity index (χ0) is 15.6. The minimum absolute atomic E-state index is 0.0436. The molecular formula is C12H19F3N2O3. The Hall–Kier alpha value is -1.47. The highest BCUT2D eigenvalue weighted by atomic mass is 19.4. The highest BCUT2D eigenvalue weighted by molar-refractivity contribution is 5.75. The van der Waals surface area contributed by atoms with Gasteiger partial charge in [-0.1, -0.05) is 0 Å². The lowest BCUT2D eigenvalue weighted by Gasteiger charge is -2.36. The number of carbonyl (C=O) groups excluding carboxylic acids is 1. The van der Waals surface area contributed by atoms with E-state index < -0.39 is 29.6 Å². The Labute approximate surface area is 115 Å². The zero-order valence-electron chi connectivity index (χ0n) is 11.5. The predicted octanol–water partition coefficient (Wildman–Crippen LogP) is 2.22. The summed E-state index contributed by atoms with van der Waals surface area (Å²) in [5.74, 6) is -2.52. The maximum absolute atomic E-state index is 12.9. The minimum Gasteiger partial charge on any atom is -0.481 e. The fourth-order valence-corrected chi connectivity index (χ4v) is 2.55. The van der Waals surface area contributed by atoms with E-state index >= 15 is 0 Å². The Bertz CT molecular complexity index is 383. The summed E-state index contributed by atoms with van der Waals surface area (Å²) >= 11 is 0. The number of alkyl halides is 3. The SMILES string of the molecule is CC1(C)C(C(F)(F)F)CCN1C(=O)NCCCC(=O)O. The number of hydrogen-bond acceptors (Lipinski definition) is 2. The summed E-state index contributed by atoms with van der Waals surface area (Å²) in [5.41, 5.74) is -1.30. The Morgan fingerprint density at radius 3 is 2.45 bits per heavy atom. The molecule has 1 heterocycles. The van der Waals surface area contributed by atoms with Crippen molar-refractivity contribution in [3.63, 3.8) is 0 Å². The third-order valence-corrected chi connectivity index (χ3v) is 3.67. The molecule has 0 aliphatic carbocycles. The first-order valence-corrected chi connectivity index (χ1v) is 6.40. The van der Waals surface area contributed by atoms with Crippen LogP contribution in [0.3, 0.4) is 0 Å². The van der Waals surface area contributed by atoms with Crippen molar-refractivity contribution in [3.8, 4) is 0 Å². The van der Waals surface area contributed by atoms with E-state index in [1.165, 1.54) is 18.7 Å². The van der Waals surface area contributed by atoms with E-state index in [1.807, 2.05) is 0 Å². The van der Waals surface area contributed by atoms with Crippen molar-refractivity contribution in [1.29, 1.82) is 0 Å². The number of urea groups is 1. The molecule has 2 N–H and O–H groups in total.